The fourth-order valence-corrected chi connectivity index (χ4v) is 7.65. The number of nitro benzene ring substituents is 2. The number of thioether (sulfide) groups is 1. The van der Waals surface area contributed by atoms with E-state index in [2.05, 4.69) is 33.4 Å². The molecule has 1 saturated carbocycles. The molecule has 2 aliphatic rings. The highest BCUT2D eigenvalue weighted by Gasteiger charge is 2.51. The first-order valence-corrected chi connectivity index (χ1v) is 12.8. The molecule has 1 aliphatic carbocycles. The van der Waals surface area contributed by atoms with Gasteiger partial charge >= 0.3 is 0 Å². The van der Waals surface area contributed by atoms with Crippen LogP contribution < -0.4 is 5.32 Å². The van der Waals surface area contributed by atoms with E-state index >= 15 is 0 Å². The minimum Gasteiger partial charge on any atom is -0.377 e. The predicted molar refractivity (Wildman–Crippen MR) is 137 cm³/mol. The van der Waals surface area contributed by atoms with E-state index in [4.69, 9.17) is 11.6 Å². The fraction of sp³-hybridized carbons (Fsp3) is 0.250. The number of nitrogens with zero attached hydrogens (tertiary/aromatic N) is 2. The molecule has 7 nitrogen and oxygen atoms in total. The molecule has 5 rings (SSSR count). The second-order valence-electron chi connectivity index (χ2n) is 8.43. The van der Waals surface area contributed by atoms with Crippen molar-refractivity contribution in [3.8, 4) is 0 Å². The lowest BCUT2D eigenvalue weighted by Gasteiger charge is -2.38. The molecule has 0 spiro atoms. The molecule has 0 radical (unpaired) electrons. The molecule has 3 aromatic carbocycles. The third kappa shape index (κ3) is 4.06. The average Bonchev–Trinajstić information content (AvgIpc) is 3.15. The molecule has 1 heterocycles. The normalized spacial score (nSPS) is 25.2. The van der Waals surface area contributed by atoms with Crippen LogP contribution in [0.1, 0.15) is 29.5 Å². The number of hydrogen-bond donors (Lipinski definition) is 1. The van der Waals surface area contributed by atoms with Crippen LogP contribution in [0.4, 0.5) is 17.1 Å². The molecule has 0 aromatic heterocycles. The van der Waals surface area contributed by atoms with Crippen LogP contribution in [-0.2, 0) is 0 Å². The highest BCUT2D eigenvalue weighted by atomic mass is 79.9. The Labute approximate surface area is 213 Å². The van der Waals surface area contributed by atoms with Crippen molar-refractivity contribution in [3.63, 3.8) is 0 Å². The molecule has 1 aliphatic heterocycles. The Hall–Kier alpha value is -2.62. The Morgan fingerprint density at radius 2 is 1.71 bits per heavy atom. The van der Waals surface area contributed by atoms with Gasteiger partial charge in [-0.3, -0.25) is 20.2 Å². The van der Waals surface area contributed by atoms with E-state index in [1.807, 2.05) is 18.2 Å². The number of anilines is 1. The van der Waals surface area contributed by atoms with Crippen LogP contribution in [0.2, 0.25) is 0 Å². The quantitative estimate of drug-likeness (QED) is 0.200. The lowest BCUT2D eigenvalue weighted by Crippen LogP contribution is -2.31. The van der Waals surface area contributed by atoms with Gasteiger partial charge in [0, 0.05) is 33.8 Å². The zero-order chi connectivity index (χ0) is 24.0. The first kappa shape index (κ1) is 23.1. The summed E-state index contributed by atoms with van der Waals surface area (Å²) in [6.45, 7) is 0. The minimum absolute atomic E-state index is 0.00278. The molecule has 3 aromatic rings. The molecule has 10 heteroatoms. The van der Waals surface area contributed by atoms with Crippen molar-refractivity contribution in [2.45, 2.75) is 33.9 Å². The fourth-order valence-electron chi connectivity index (χ4n) is 5.13. The second-order valence-corrected chi connectivity index (χ2v) is 11.1. The van der Waals surface area contributed by atoms with E-state index < -0.39 is 4.92 Å². The summed E-state index contributed by atoms with van der Waals surface area (Å²) in [5.41, 5.74) is 2.78. The van der Waals surface area contributed by atoms with Gasteiger partial charge in [-0.1, -0.05) is 42.5 Å². The summed E-state index contributed by atoms with van der Waals surface area (Å²) in [7, 11) is 0. The summed E-state index contributed by atoms with van der Waals surface area (Å²) in [6.07, 6.45) is 0.710. The van der Waals surface area contributed by atoms with E-state index in [1.54, 1.807) is 24.3 Å². The van der Waals surface area contributed by atoms with Gasteiger partial charge in [-0.2, -0.15) is 0 Å². The van der Waals surface area contributed by atoms with E-state index in [-0.39, 0.29) is 44.8 Å². The third-order valence-corrected chi connectivity index (χ3v) is 9.30. The number of nitro groups is 2. The Morgan fingerprint density at radius 3 is 2.41 bits per heavy atom. The SMILES string of the molecule is O=[N+]([O-])c1cc(Br)c2c(c1)[C@@H]1[C@H](Cl)[C@H](Sc3ccccc3[N+](=O)[O-])C[C@H]1[C@H](c1ccccc1)N2. The van der Waals surface area contributed by atoms with Crippen LogP contribution in [0.15, 0.2) is 76.1 Å². The summed E-state index contributed by atoms with van der Waals surface area (Å²) >= 11 is 12.0. The van der Waals surface area contributed by atoms with E-state index in [0.717, 1.165) is 16.8 Å². The van der Waals surface area contributed by atoms with Gasteiger partial charge in [0.2, 0.25) is 0 Å². The number of alkyl halides is 1. The lowest BCUT2D eigenvalue weighted by atomic mass is 9.77. The van der Waals surface area contributed by atoms with Crippen LogP contribution >= 0.6 is 39.3 Å². The maximum absolute atomic E-state index is 11.6. The average molecular weight is 561 g/mol. The van der Waals surface area contributed by atoms with Gasteiger partial charge < -0.3 is 5.32 Å². The molecule has 0 amide bonds. The summed E-state index contributed by atoms with van der Waals surface area (Å²) in [4.78, 5) is 22.9. The van der Waals surface area contributed by atoms with Crippen molar-refractivity contribution in [3.05, 3.63) is 103 Å². The molecule has 174 valence electrons. The minimum atomic E-state index is -0.402. The lowest BCUT2D eigenvalue weighted by molar-refractivity contribution is -0.387. The van der Waals surface area contributed by atoms with Crippen LogP contribution in [-0.4, -0.2) is 20.5 Å². The molecule has 1 N–H and O–H groups in total. The zero-order valence-electron chi connectivity index (χ0n) is 17.6. The van der Waals surface area contributed by atoms with Gasteiger partial charge in [-0.15, -0.1) is 23.4 Å². The van der Waals surface area contributed by atoms with Gasteiger partial charge in [0.05, 0.1) is 31.8 Å². The Balaban J connectivity index is 1.58. The monoisotopic (exact) mass is 559 g/mol. The van der Waals surface area contributed by atoms with Crippen LogP contribution in [0.5, 0.6) is 0 Å². The number of para-hydroxylation sites is 1. The topological polar surface area (TPSA) is 98.3 Å². The van der Waals surface area contributed by atoms with Crippen LogP contribution in [0, 0.1) is 26.1 Å². The number of rotatable bonds is 5. The highest BCUT2D eigenvalue weighted by molar-refractivity contribution is 9.10. The van der Waals surface area contributed by atoms with Gasteiger partial charge in [0.15, 0.2) is 0 Å². The van der Waals surface area contributed by atoms with Crippen molar-refractivity contribution in [1.29, 1.82) is 0 Å². The van der Waals surface area contributed by atoms with Gasteiger partial charge in [-0.05, 0) is 45.5 Å². The Morgan fingerprint density at radius 1 is 1.00 bits per heavy atom. The molecule has 1 fully saturated rings. The zero-order valence-corrected chi connectivity index (χ0v) is 20.8. The maximum atomic E-state index is 11.6. The highest BCUT2D eigenvalue weighted by Crippen LogP contribution is 2.59. The standard InChI is InChI=1S/C24H19BrClN3O4S/c25-17-11-14(28(30)31)10-15-21-16(23(27-24(15)17)13-6-2-1-3-7-13)12-20(22(21)26)34-19-9-5-4-8-18(19)29(32)33/h1-11,16,20-23,27H,12H2/t16-,20-,21+,22-,23+/m1/s1. The van der Waals surface area contributed by atoms with Crippen molar-refractivity contribution >= 4 is 56.4 Å². The molecule has 34 heavy (non-hydrogen) atoms. The Kier molecular flexibility index (Phi) is 6.26. The van der Waals surface area contributed by atoms with E-state index in [1.165, 1.54) is 23.9 Å². The third-order valence-electron chi connectivity index (χ3n) is 6.57. The van der Waals surface area contributed by atoms with Crippen molar-refractivity contribution in [2.24, 2.45) is 5.92 Å². The first-order chi connectivity index (χ1) is 16.3. The van der Waals surface area contributed by atoms with Gasteiger partial charge in [0.25, 0.3) is 11.4 Å². The largest absolute Gasteiger partial charge is 0.377 e. The summed E-state index contributed by atoms with van der Waals surface area (Å²) in [6, 6.07) is 19.8. The van der Waals surface area contributed by atoms with E-state index in [0.29, 0.717) is 15.8 Å². The summed E-state index contributed by atoms with van der Waals surface area (Å²) in [5.74, 6) is -0.0915. The summed E-state index contributed by atoms with van der Waals surface area (Å²) in [5, 5.41) is 26.3. The smallest absolute Gasteiger partial charge is 0.282 e. The number of fused-ring (bicyclic) bond motifs is 3. The number of non-ortho nitro benzene ring substituents is 1. The number of hydrogen-bond acceptors (Lipinski definition) is 6. The Bertz CT molecular complexity index is 1280. The van der Waals surface area contributed by atoms with Gasteiger partial charge in [-0.25, -0.2) is 0 Å². The molecular weight excluding hydrogens is 542 g/mol. The maximum Gasteiger partial charge on any atom is 0.282 e. The molecule has 0 unspecified atom stereocenters. The first-order valence-electron chi connectivity index (χ1n) is 10.7. The molecular formula is C24H19BrClN3O4S. The van der Waals surface area contributed by atoms with Crippen LogP contribution in [0.3, 0.4) is 0 Å². The molecule has 0 saturated heterocycles. The van der Waals surface area contributed by atoms with Crippen molar-refractivity contribution in [2.75, 3.05) is 5.32 Å². The molecule has 0 bridgehead atoms. The summed E-state index contributed by atoms with van der Waals surface area (Å²) < 4.78 is 0.620. The van der Waals surface area contributed by atoms with E-state index in [9.17, 15) is 20.2 Å². The second kappa shape index (κ2) is 9.20. The van der Waals surface area contributed by atoms with Crippen molar-refractivity contribution in [1.82, 2.24) is 0 Å². The number of nitrogens with one attached hydrogen (secondary N) is 1. The predicted octanol–water partition coefficient (Wildman–Crippen LogP) is 7.30. The van der Waals surface area contributed by atoms with Gasteiger partial charge in [0.1, 0.15) is 0 Å². The number of halogens is 2. The van der Waals surface area contributed by atoms with Crippen molar-refractivity contribution < 1.29 is 9.85 Å². The molecule has 5 atom stereocenters. The van der Waals surface area contributed by atoms with Crippen LogP contribution in [0.25, 0.3) is 0 Å². The number of benzene rings is 3.